The number of carboxylic acids is 1. The summed E-state index contributed by atoms with van der Waals surface area (Å²) < 4.78 is 17.1. The normalized spacial score (nSPS) is 9.90. The van der Waals surface area contributed by atoms with Crippen LogP contribution >= 0.6 is 0 Å². The van der Waals surface area contributed by atoms with Crippen LogP contribution < -0.4 is 10.1 Å². The van der Waals surface area contributed by atoms with Crippen molar-refractivity contribution in [3.05, 3.63) is 24.3 Å². The van der Waals surface area contributed by atoms with Gasteiger partial charge in [0.2, 0.25) is 0 Å². The molecule has 0 saturated carbocycles. The van der Waals surface area contributed by atoms with Gasteiger partial charge < -0.3 is 20.1 Å². The summed E-state index contributed by atoms with van der Waals surface area (Å²) in [6, 6.07) is 6.12. The van der Waals surface area contributed by atoms with Crippen LogP contribution in [0.3, 0.4) is 0 Å². The molecule has 0 aromatic heterocycles. The van der Waals surface area contributed by atoms with Gasteiger partial charge in [0.15, 0.2) is 0 Å². The number of nitrogens with one attached hydrogen (secondary N) is 1. The highest BCUT2D eigenvalue weighted by molar-refractivity contribution is 5.89. The zero-order valence-electron chi connectivity index (χ0n) is 11.1. The number of rotatable bonds is 7. The predicted octanol–water partition coefficient (Wildman–Crippen LogP) is 1.97. The highest BCUT2D eigenvalue weighted by Crippen LogP contribution is 2.17. The Hall–Kier alpha value is -2.31. The number of carbonyl (C=O) groups excluding carboxylic acids is 1. The van der Waals surface area contributed by atoms with Gasteiger partial charge in [-0.1, -0.05) is 6.07 Å². The topological polar surface area (TPSA) is 78.9 Å². The van der Waals surface area contributed by atoms with Gasteiger partial charge in [-0.25, -0.2) is 9.18 Å². The molecule has 0 saturated heterocycles. The average Bonchev–Trinajstić information content (AvgIpc) is 2.42. The van der Waals surface area contributed by atoms with E-state index >= 15 is 0 Å². The van der Waals surface area contributed by atoms with Crippen LogP contribution in [-0.2, 0) is 4.79 Å². The summed E-state index contributed by atoms with van der Waals surface area (Å²) in [4.78, 5) is 23.5. The molecule has 0 spiro atoms. The van der Waals surface area contributed by atoms with Crippen molar-refractivity contribution in [2.45, 2.75) is 6.42 Å². The molecule has 20 heavy (non-hydrogen) atoms. The molecule has 0 heterocycles. The second kappa shape index (κ2) is 7.98. The molecule has 1 aromatic carbocycles. The molecule has 0 aliphatic carbocycles. The quantitative estimate of drug-likeness (QED) is 0.802. The molecular weight excluding hydrogens is 267 g/mol. The Bertz CT molecular complexity index is 467. The highest BCUT2D eigenvalue weighted by atomic mass is 19.1. The van der Waals surface area contributed by atoms with E-state index in [0.717, 1.165) is 0 Å². The van der Waals surface area contributed by atoms with Crippen molar-refractivity contribution in [1.29, 1.82) is 0 Å². The van der Waals surface area contributed by atoms with Crippen LogP contribution in [0.4, 0.5) is 14.9 Å². The second-order valence-electron chi connectivity index (χ2n) is 4.06. The third kappa shape index (κ3) is 5.55. The highest BCUT2D eigenvalue weighted by Gasteiger charge is 2.10. The summed E-state index contributed by atoms with van der Waals surface area (Å²) in [5.74, 6) is -0.514. The Labute approximate surface area is 116 Å². The number of anilines is 1. The van der Waals surface area contributed by atoms with Crippen molar-refractivity contribution in [1.82, 2.24) is 4.90 Å². The van der Waals surface area contributed by atoms with Gasteiger partial charge in [0.05, 0.1) is 6.42 Å². The van der Waals surface area contributed by atoms with Crippen molar-refractivity contribution >= 4 is 17.7 Å². The van der Waals surface area contributed by atoms with Crippen molar-refractivity contribution in [2.75, 3.05) is 32.2 Å². The third-order valence-electron chi connectivity index (χ3n) is 2.44. The van der Waals surface area contributed by atoms with Crippen LogP contribution in [0, 0.1) is 0 Å². The van der Waals surface area contributed by atoms with Crippen LogP contribution in [0.5, 0.6) is 5.75 Å². The first-order valence-electron chi connectivity index (χ1n) is 6.05. The Morgan fingerprint density at radius 3 is 2.85 bits per heavy atom. The summed E-state index contributed by atoms with van der Waals surface area (Å²) >= 11 is 0. The minimum absolute atomic E-state index is 0.0457. The molecule has 1 rings (SSSR count). The van der Waals surface area contributed by atoms with Crippen LogP contribution in [-0.4, -0.2) is 48.9 Å². The minimum atomic E-state index is -0.966. The van der Waals surface area contributed by atoms with Crippen LogP contribution in [0.15, 0.2) is 24.3 Å². The molecular formula is C13H17FN2O4. The molecule has 0 bridgehead atoms. The fourth-order valence-corrected chi connectivity index (χ4v) is 1.40. The lowest BCUT2D eigenvalue weighted by Crippen LogP contribution is -2.33. The van der Waals surface area contributed by atoms with Crippen LogP contribution in [0.1, 0.15) is 6.42 Å². The molecule has 0 aliphatic rings. The maximum atomic E-state index is 12.0. The molecule has 0 aliphatic heterocycles. The van der Waals surface area contributed by atoms with E-state index in [4.69, 9.17) is 9.84 Å². The Morgan fingerprint density at radius 1 is 1.45 bits per heavy atom. The van der Waals surface area contributed by atoms with Gasteiger partial charge in [-0.2, -0.15) is 0 Å². The molecule has 0 atom stereocenters. The smallest absolute Gasteiger partial charge is 0.321 e. The summed E-state index contributed by atoms with van der Waals surface area (Å²) in [5, 5.41) is 11.1. The average molecular weight is 284 g/mol. The largest absolute Gasteiger partial charge is 0.491 e. The molecule has 7 heteroatoms. The number of hydrogen-bond acceptors (Lipinski definition) is 3. The molecule has 0 radical (unpaired) electrons. The zero-order valence-corrected chi connectivity index (χ0v) is 11.1. The van der Waals surface area contributed by atoms with Crippen molar-refractivity contribution in [3.63, 3.8) is 0 Å². The predicted molar refractivity (Wildman–Crippen MR) is 71.8 cm³/mol. The first-order chi connectivity index (χ1) is 9.52. The number of hydrogen-bond donors (Lipinski definition) is 2. The first-order valence-corrected chi connectivity index (χ1v) is 6.05. The zero-order chi connectivity index (χ0) is 15.0. The van der Waals surface area contributed by atoms with E-state index in [1.807, 2.05) is 0 Å². The van der Waals surface area contributed by atoms with E-state index in [2.05, 4.69) is 5.32 Å². The fourth-order valence-electron chi connectivity index (χ4n) is 1.40. The van der Waals surface area contributed by atoms with Gasteiger partial charge in [0.1, 0.15) is 19.0 Å². The molecule has 0 fully saturated rings. The summed E-state index contributed by atoms with van der Waals surface area (Å²) in [7, 11) is 1.50. The van der Waals surface area contributed by atoms with Gasteiger partial charge in [0, 0.05) is 25.3 Å². The summed E-state index contributed by atoms with van der Waals surface area (Å²) in [6.07, 6.45) is -0.121. The molecule has 0 unspecified atom stereocenters. The maximum Gasteiger partial charge on any atom is 0.321 e. The lowest BCUT2D eigenvalue weighted by molar-refractivity contribution is -0.137. The van der Waals surface area contributed by atoms with E-state index in [0.29, 0.717) is 11.4 Å². The molecule has 1 aromatic rings. The Morgan fingerprint density at radius 2 is 2.20 bits per heavy atom. The van der Waals surface area contributed by atoms with Crippen molar-refractivity contribution in [3.8, 4) is 5.75 Å². The van der Waals surface area contributed by atoms with Gasteiger partial charge in [0.25, 0.3) is 0 Å². The molecule has 2 amide bonds. The molecule has 110 valence electrons. The van der Waals surface area contributed by atoms with E-state index in [9.17, 15) is 14.0 Å². The van der Waals surface area contributed by atoms with Gasteiger partial charge in [-0.05, 0) is 12.1 Å². The lowest BCUT2D eigenvalue weighted by atomic mass is 10.3. The lowest BCUT2D eigenvalue weighted by Gasteiger charge is -2.17. The number of urea groups is 1. The second-order valence-corrected chi connectivity index (χ2v) is 4.06. The van der Waals surface area contributed by atoms with E-state index in [-0.39, 0.29) is 19.6 Å². The van der Waals surface area contributed by atoms with Crippen LogP contribution in [0.25, 0.3) is 0 Å². The number of ether oxygens (including phenoxy) is 1. The summed E-state index contributed by atoms with van der Waals surface area (Å²) in [6.45, 7) is -0.524. The first kappa shape index (κ1) is 15.7. The number of benzene rings is 1. The standard InChI is InChI=1S/C13H17FN2O4/c1-16(7-5-12(17)18)13(19)15-10-3-2-4-11(9-10)20-8-6-14/h2-4,9H,5-8H2,1H3,(H,15,19)(H,17,18). The fraction of sp³-hybridized carbons (Fsp3) is 0.385. The Balaban J connectivity index is 2.54. The number of carbonyl (C=O) groups is 2. The number of carboxylic acid groups (broad SMARTS) is 1. The van der Waals surface area contributed by atoms with Crippen LogP contribution in [0.2, 0.25) is 0 Å². The van der Waals surface area contributed by atoms with Crippen molar-refractivity contribution < 1.29 is 23.8 Å². The minimum Gasteiger partial charge on any atom is -0.491 e. The van der Waals surface area contributed by atoms with Gasteiger partial charge in [-0.3, -0.25) is 4.79 Å². The van der Waals surface area contributed by atoms with E-state index < -0.39 is 18.7 Å². The number of aliphatic carboxylic acids is 1. The third-order valence-corrected chi connectivity index (χ3v) is 2.44. The van der Waals surface area contributed by atoms with Gasteiger partial charge in [-0.15, -0.1) is 0 Å². The van der Waals surface area contributed by atoms with E-state index in [1.54, 1.807) is 24.3 Å². The number of halogens is 1. The molecule has 2 N–H and O–H groups in total. The number of alkyl halides is 1. The monoisotopic (exact) mass is 284 g/mol. The SMILES string of the molecule is CN(CCC(=O)O)C(=O)Nc1cccc(OCCF)c1. The summed E-state index contributed by atoms with van der Waals surface area (Å²) in [5.41, 5.74) is 0.494. The maximum absolute atomic E-state index is 12.0. The van der Waals surface area contributed by atoms with Gasteiger partial charge >= 0.3 is 12.0 Å². The number of nitrogens with zero attached hydrogens (tertiary/aromatic N) is 1. The molecule has 6 nitrogen and oxygen atoms in total. The Kier molecular flexibility index (Phi) is 6.28. The van der Waals surface area contributed by atoms with Crippen molar-refractivity contribution in [2.24, 2.45) is 0 Å². The van der Waals surface area contributed by atoms with E-state index in [1.165, 1.54) is 11.9 Å². The number of amides is 2.